The monoisotopic (exact) mass is 661 g/mol. The number of ether oxygens (including phenoxy) is 2. The molecule has 4 aliphatic rings. The molecule has 0 unspecified atom stereocenters. The molecule has 5 heterocycles. The van der Waals surface area contributed by atoms with E-state index in [0.29, 0.717) is 30.0 Å². The van der Waals surface area contributed by atoms with Crippen LogP contribution in [-0.2, 0) is 4.74 Å². The highest BCUT2D eigenvalue weighted by molar-refractivity contribution is 6.36. The predicted octanol–water partition coefficient (Wildman–Crippen LogP) is 5.31. The number of aromatic hydroxyl groups is 1. The number of pyridine rings is 1. The summed E-state index contributed by atoms with van der Waals surface area (Å²) in [6, 6.07) is 3.51. The van der Waals surface area contributed by atoms with Crippen LogP contribution in [-0.4, -0.2) is 78.5 Å². The molecule has 1 saturated heterocycles. The molecular formula is C33H33ClFN7O5. The van der Waals surface area contributed by atoms with Crippen LogP contribution < -0.4 is 15.3 Å². The quantitative estimate of drug-likeness (QED) is 0.307. The fourth-order valence-electron chi connectivity index (χ4n) is 6.53. The first kappa shape index (κ1) is 29.9. The van der Waals surface area contributed by atoms with Gasteiger partial charge in [-0.1, -0.05) is 17.7 Å². The molecule has 47 heavy (non-hydrogen) atoms. The van der Waals surface area contributed by atoms with Crippen LogP contribution in [0, 0.1) is 5.82 Å². The third-order valence-corrected chi connectivity index (χ3v) is 9.34. The van der Waals surface area contributed by atoms with E-state index in [1.165, 1.54) is 22.8 Å². The van der Waals surface area contributed by atoms with Crippen molar-refractivity contribution in [1.82, 2.24) is 29.4 Å². The van der Waals surface area contributed by atoms with Gasteiger partial charge in [0, 0.05) is 31.5 Å². The molecule has 12 nitrogen and oxygen atoms in total. The van der Waals surface area contributed by atoms with Crippen molar-refractivity contribution in [3.63, 3.8) is 0 Å². The number of halogens is 2. The zero-order chi connectivity index (χ0) is 32.8. The third kappa shape index (κ3) is 5.11. The van der Waals surface area contributed by atoms with Gasteiger partial charge in [0.2, 0.25) is 0 Å². The molecule has 3 aromatic heterocycles. The van der Waals surface area contributed by atoms with E-state index in [-0.39, 0.29) is 58.4 Å². The lowest BCUT2D eigenvalue weighted by Crippen LogP contribution is -2.57. The second kappa shape index (κ2) is 10.8. The van der Waals surface area contributed by atoms with Crippen LogP contribution in [0.2, 0.25) is 5.02 Å². The number of fused-ring (bicyclic) bond motifs is 2. The van der Waals surface area contributed by atoms with Crippen molar-refractivity contribution in [1.29, 1.82) is 0 Å². The first-order chi connectivity index (χ1) is 22.5. The van der Waals surface area contributed by atoms with E-state index in [1.54, 1.807) is 11.2 Å². The number of phenols is 1. The Morgan fingerprint density at radius 3 is 2.43 bits per heavy atom. The number of phenolic OH excluding ortho intramolecular Hbond substituents is 1. The second-order valence-corrected chi connectivity index (χ2v) is 14.0. The van der Waals surface area contributed by atoms with Gasteiger partial charge in [-0.25, -0.2) is 33.5 Å². The lowest BCUT2D eigenvalue weighted by molar-refractivity contribution is 0.0202. The summed E-state index contributed by atoms with van der Waals surface area (Å²) in [4.78, 5) is 49.7. The molecule has 1 aromatic carbocycles. The summed E-state index contributed by atoms with van der Waals surface area (Å²) in [5, 5.41) is 11.1. The molecule has 14 heteroatoms. The van der Waals surface area contributed by atoms with Gasteiger partial charge >= 0.3 is 11.8 Å². The smallest absolute Gasteiger partial charge is 0.410 e. The lowest BCUT2D eigenvalue weighted by Gasteiger charge is -2.41. The van der Waals surface area contributed by atoms with Crippen LogP contribution in [0.5, 0.6) is 11.5 Å². The maximum absolute atomic E-state index is 15.4. The molecule has 3 fully saturated rings. The number of nitrogens with zero attached hydrogens (tertiary/aromatic N) is 7. The molecule has 2 saturated carbocycles. The fraction of sp³-hybridized carbons (Fsp3) is 0.455. The van der Waals surface area contributed by atoms with E-state index in [9.17, 15) is 14.7 Å². The van der Waals surface area contributed by atoms with E-state index >= 15 is 4.39 Å². The maximum atomic E-state index is 15.4. The van der Waals surface area contributed by atoms with Gasteiger partial charge in [-0.05, 0) is 58.6 Å². The van der Waals surface area contributed by atoms with Gasteiger partial charge in [0.25, 0.3) is 0 Å². The van der Waals surface area contributed by atoms with Gasteiger partial charge < -0.3 is 24.4 Å². The minimum absolute atomic E-state index is 0.0378. The van der Waals surface area contributed by atoms with Crippen LogP contribution in [0.15, 0.2) is 29.3 Å². The van der Waals surface area contributed by atoms with Gasteiger partial charge in [-0.3, -0.25) is 0 Å². The van der Waals surface area contributed by atoms with Gasteiger partial charge in [0.1, 0.15) is 52.0 Å². The van der Waals surface area contributed by atoms with Crippen molar-refractivity contribution in [2.24, 2.45) is 0 Å². The normalized spacial score (nSPS) is 19.3. The van der Waals surface area contributed by atoms with Gasteiger partial charge in [-0.2, -0.15) is 4.98 Å². The van der Waals surface area contributed by atoms with Crippen LogP contribution in [0.4, 0.5) is 15.0 Å². The van der Waals surface area contributed by atoms with Crippen LogP contribution >= 0.6 is 11.6 Å². The summed E-state index contributed by atoms with van der Waals surface area (Å²) in [7, 11) is 0. The minimum Gasteiger partial charge on any atom is -0.507 e. The van der Waals surface area contributed by atoms with Gasteiger partial charge in [0.15, 0.2) is 11.4 Å². The highest BCUT2D eigenvalue weighted by Gasteiger charge is 2.41. The number of piperazine rings is 1. The molecule has 244 valence electrons. The number of rotatable bonds is 4. The molecule has 0 spiro atoms. The number of anilines is 1. The van der Waals surface area contributed by atoms with E-state index < -0.39 is 29.2 Å². The van der Waals surface area contributed by atoms with Crippen molar-refractivity contribution in [2.45, 2.75) is 69.9 Å². The number of amides is 1. The minimum atomic E-state index is -0.742. The van der Waals surface area contributed by atoms with Crippen molar-refractivity contribution >= 4 is 34.5 Å². The SMILES string of the molecule is CC(C)(C)OC(=O)N1CCN2c3nc(=O)n(-c4c(C5CC5)ncnc4C4CC4)c4nc(-c5c(O)cccc5F)c(Cl)c(c34)OC[C@H]2C1. The molecule has 0 bridgehead atoms. The van der Waals surface area contributed by atoms with Gasteiger partial charge in [-0.15, -0.1) is 0 Å². The number of aromatic nitrogens is 5. The average Bonchev–Trinajstić information content (AvgIpc) is 3.93. The molecule has 1 atom stereocenters. The Hall–Kier alpha value is -4.52. The predicted molar refractivity (Wildman–Crippen MR) is 171 cm³/mol. The maximum Gasteiger partial charge on any atom is 0.410 e. The van der Waals surface area contributed by atoms with E-state index in [4.69, 9.17) is 26.1 Å². The highest BCUT2D eigenvalue weighted by Crippen LogP contribution is 2.50. The zero-order valence-electron chi connectivity index (χ0n) is 26.2. The van der Waals surface area contributed by atoms with Crippen LogP contribution in [0.25, 0.3) is 28.0 Å². The van der Waals surface area contributed by atoms with Crippen molar-refractivity contribution in [3.8, 4) is 28.4 Å². The number of carbonyl (C=O) groups is 1. The molecule has 1 amide bonds. The van der Waals surface area contributed by atoms with Crippen LogP contribution in [0.1, 0.15) is 69.7 Å². The summed E-state index contributed by atoms with van der Waals surface area (Å²) in [5.41, 5.74) is 0.599. The molecule has 2 aliphatic carbocycles. The molecular weight excluding hydrogens is 629 g/mol. The molecule has 4 aromatic rings. The van der Waals surface area contributed by atoms with Crippen LogP contribution in [0.3, 0.4) is 0 Å². The standard InChI is InChI=1S/C33H33ClFN7O5/c1-33(2,3)47-32(45)40-11-12-41-18(13-40)14-46-28-22-29(41)39-31(44)42(27-24(16-7-8-16)36-15-37-25(27)17-9-10-17)30(22)38-26(23(28)34)21-19(35)5-4-6-20(21)43/h4-6,15-18,43H,7-14H2,1-3H3/t18-/m1/s1. The zero-order valence-corrected chi connectivity index (χ0v) is 26.9. The Bertz CT molecular complexity index is 1970. The summed E-state index contributed by atoms with van der Waals surface area (Å²) in [6.07, 6.45) is 4.81. The van der Waals surface area contributed by atoms with Crippen molar-refractivity contribution in [3.05, 3.63) is 57.2 Å². The number of carbonyl (C=O) groups excluding carboxylic acids is 1. The lowest BCUT2D eigenvalue weighted by atomic mass is 10.1. The van der Waals surface area contributed by atoms with Crippen molar-refractivity contribution < 1.29 is 23.8 Å². The van der Waals surface area contributed by atoms with Gasteiger partial charge in [0.05, 0.1) is 28.7 Å². The molecule has 2 aliphatic heterocycles. The summed E-state index contributed by atoms with van der Waals surface area (Å²) in [6.45, 7) is 6.39. The Morgan fingerprint density at radius 2 is 1.79 bits per heavy atom. The molecule has 8 rings (SSSR count). The molecule has 0 radical (unpaired) electrons. The van der Waals surface area contributed by atoms with E-state index in [0.717, 1.165) is 37.1 Å². The third-order valence-electron chi connectivity index (χ3n) is 8.99. The second-order valence-electron chi connectivity index (χ2n) is 13.6. The Balaban J connectivity index is 1.37. The Labute approximate surface area is 274 Å². The Kier molecular flexibility index (Phi) is 6.83. The number of benzene rings is 1. The molecule has 1 N–H and O–H groups in total. The summed E-state index contributed by atoms with van der Waals surface area (Å²) in [5.74, 6) is -0.333. The Morgan fingerprint density at radius 1 is 1.09 bits per heavy atom. The van der Waals surface area contributed by atoms with Crippen molar-refractivity contribution in [2.75, 3.05) is 31.1 Å². The van der Waals surface area contributed by atoms with E-state index in [2.05, 4.69) is 15.0 Å². The average molecular weight is 662 g/mol. The number of hydrogen-bond acceptors (Lipinski definition) is 10. The fourth-order valence-corrected chi connectivity index (χ4v) is 6.82. The first-order valence-electron chi connectivity index (χ1n) is 15.9. The van der Waals surface area contributed by atoms with E-state index in [1.807, 2.05) is 25.7 Å². The number of hydrogen-bond donors (Lipinski definition) is 1. The summed E-state index contributed by atoms with van der Waals surface area (Å²) >= 11 is 7.01. The summed E-state index contributed by atoms with van der Waals surface area (Å²) < 4.78 is 28.9. The highest BCUT2D eigenvalue weighted by atomic mass is 35.5. The topological polar surface area (TPSA) is 136 Å². The largest absolute Gasteiger partial charge is 0.507 e. The first-order valence-corrected chi connectivity index (χ1v) is 16.2.